The summed E-state index contributed by atoms with van der Waals surface area (Å²) in [6, 6.07) is 3.39. The minimum Gasteiger partial charge on any atom is -0.394 e. The first-order chi connectivity index (χ1) is 13.7. The fourth-order valence-corrected chi connectivity index (χ4v) is 3.08. The summed E-state index contributed by atoms with van der Waals surface area (Å²) in [6.07, 6.45) is -2.89. The molecule has 1 aromatic rings. The second-order valence-corrected chi connectivity index (χ2v) is 6.83. The van der Waals surface area contributed by atoms with Gasteiger partial charge in [-0.3, -0.25) is 4.79 Å². The lowest BCUT2D eigenvalue weighted by Gasteiger charge is -2.36. The second kappa shape index (κ2) is 10.4. The van der Waals surface area contributed by atoms with E-state index in [0.29, 0.717) is 32.2 Å². The molecule has 7 nitrogen and oxygen atoms in total. The highest BCUT2D eigenvalue weighted by Crippen LogP contribution is 2.29. The second-order valence-electron chi connectivity index (χ2n) is 6.83. The van der Waals surface area contributed by atoms with E-state index in [1.807, 2.05) is 0 Å². The lowest BCUT2D eigenvalue weighted by atomic mass is 9.97. The fraction of sp³-hybridized carbons (Fsp3) is 0.579. The van der Waals surface area contributed by atoms with Crippen LogP contribution in [0.15, 0.2) is 24.3 Å². The van der Waals surface area contributed by atoms with Crippen LogP contribution in [0.25, 0.3) is 0 Å². The summed E-state index contributed by atoms with van der Waals surface area (Å²) >= 11 is 0. The maximum absolute atomic E-state index is 12.5. The van der Waals surface area contributed by atoms with E-state index in [1.165, 1.54) is 12.1 Å². The summed E-state index contributed by atoms with van der Waals surface area (Å²) in [7, 11) is 0. The van der Waals surface area contributed by atoms with Crippen LogP contribution >= 0.6 is 0 Å². The van der Waals surface area contributed by atoms with Crippen LogP contribution in [0.4, 0.5) is 23.7 Å². The van der Waals surface area contributed by atoms with Crippen molar-refractivity contribution >= 4 is 17.6 Å². The van der Waals surface area contributed by atoms with Gasteiger partial charge < -0.3 is 25.8 Å². The standard InChI is InChI=1S/C19H26F3N3O4/c1-2-17(27)25-15-8-7-14(29-16(15)11-26)9-10-23-18(28)24-13-5-3-12(4-6-13)19(20,21)22/h3-6,14-16,26H,2,7-11H2,1H3,(H,25,27)(H2,23,24,28)/t14-,15-,16+/m0/s1. The summed E-state index contributed by atoms with van der Waals surface area (Å²) in [5, 5.41) is 17.4. The molecule has 10 heteroatoms. The zero-order valence-corrected chi connectivity index (χ0v) is 16.1. The van der Waals surface area contributed by atoms with Gasteiger partial charge in [0.15, 0.2) is 0 Å². The van der Waals surface area contributed by atoms with Crippen molar-refractivity contribution in [2.45, 2.75) is 57.0 Å². The van der Waals surface area contributed by atoms with Crippen LogP contribution in [0, 0.1) is 0 Å². The van der Waals surface area contributed by atoms with Gasteiger partial charge in [0.2, 0.25) is 5.91 Å². The Labute approximate surface area is 167 Å². The molecular formula is C19H26F3N3O4. The molecule has 1 aliphatic heterocycles. The number of hydrogen-bond donors (Lipinski definition) is 4. The van der Waals surface area contributed by atoms with Gasteiger partial charge in [-0.1, -0.05) is 6.92 Å². The van der Waals surface area contributed by atoms with E-state index < -0.39 is 23.9 Å². The van der Waals surface area contributed by atoms with Crippen LogP contribution < -0.4 is 16.0 Å². The zero-order valence-electron chi connectivity index (χ0n) is 16.1. The number of aliphatic hydroxyl groups excluding tert-OH is 1. The third-order valence-electron chi connectivity index (χ3n) is 4.69. The number of carbonyl (C=O) groups excluding carboxylic acids is 2. The van der Waals surface area contributed by atoms with E-state index in [1.54, 1.807) is 6.92 Å². The summed E-state index contributed by atoms with van der Waals surface area (Å²) in [5.41, 5.74) is -0.538. The number of nitrogens with one attached hydrogen (secondary N) is 3. The fourth-order valence-electron chi connectivity index (χ4n) is 3.08. The van der Waals surface area contributed by atoms with Crippen molar-refractivity contribution in [1.82, 2.24) is 10.6 Å². The molecule has 0 spiro atoms. The topological polar surface area (TPSA) is 99.7 Å². The van der Waals surface area contributed by atoms with E-state index in [0.717, 1.165) is 12.1 Å². The highest BCUT2D eigenvalue weighted by atomic mass is 19.4. The van der Waals surface area contributed by atoms with Crippen LogP contribution in [0.1, 0.15) is 38.2 Å². The summed E-state index contributed by atoms with van der Waals surface area (Å²) in [6.45, 7) is 1.82. The lowest BCUT2D eigenvalue weighted by Crippen LogP contribution is -2.51. The summed E-state index contributed by atoms with van der Waals surface area (Å²) in [4.78, 5) is 23.4. The van der Waals surface area contributed by atoms with Crippen molar-refractivity contribution in [3.8, 4) is 0 Å². The monoisotopic (exact) mass is 417 g/mol. The van der Waals surface area contributed by atoms with Gasteiger partial charge >= 0.3 is 12.2 Å². The Morgan fingerprint density at radius 1 is 1.21 bits per heavy atom. The molecule has 0 aliphatic carbocycles. The minimum absolute atomic E-state index is 0.0999. The van der Waals surface area contributed by atoms with Gasteiger partial charge in [0.05, 0.1) is 24.3 Å². The molecule has 1 fully saturated rings. The largest absolute Gasteiger partial charge is 0.416 e. The van der Waals surface area contributed by atoms with Gasteiger partial charge in [-0.05, 0) is 43.5 Å². The third-order valence-corrected chi connectivity index (χ3v) is 4.69. The normalized spacial score (nSPS) is 22.0. The van der Waals surface area contributed by atoms with Crippen LogP contribution in [0.2, 0.25) is 0 Å². The number of aliphatic hydroxyl groups is 1. The van der Waals surface area contributed by atoms with Crippen molar-refractivity contribution < 1.29 is 32.6 Å². The quantitative estimate of drug-likeness (QED) is 0.548. The number of ether oxygens (including phenoxy) is 1. The maximum Gasteiger partial charge on any atom is 0.416 e. The van der Waals surface area contributed by atoms with E-state index in [-0.39, 0.29) is 30.3 Å². The lowest BCUT2D eigenvalue weighted by molar-refractivity contribution is -0.137. The summed E-state index contributed by atoms with van der Waals surface area (Å²) in [5.74, 6) is -0.0999. The number of urea groups is 1. The number of amides is 3. The molecule has 3 atom stereocenters. The van der Waals surface area contributed by atoms with E-state index in [9.17, 15) is 27.9 Å². The molecular weight excluding hydrogens is 391 g/mol. The smallest absolute Gasteiger partial charge is 0.394 e. The molecule has 1 saturated heterocycles. The number of alkyl halides is 3. The number of halogens is 3. The zero-order chi connectivity index (χ0) is 21.4. The van der Waals surface area contributed by atoms with Crippen molar-refractivity contribution in [2.24, 2.45) is 0 Å². The molecule has 1 aliphatic rings. The van der Waals surface area contributed by atoms with E-state index >= 15 is 0 Å². The molecule has 0 saturated carbocycles. The van der Waals surface area contributed by atoms with Crippen LogP contribution in [0.3, 0.4) is 0 Å². The van der Waals surface area contributed by atoms with Gasteiger partial charge in [-0.2, -0.15) is 13.2 Å². The molecule has 162 valence electrons. The van der Waals surface area contributed by atoms with Gasteiger partial charge in [-0.25, -0.2) is 4.79 Å². The average molecular weight is 417 g/mol. The van der Waals surface area contributed by atoms with Crippen molar-refractivity contribution in [3.05, 3.63) is 29.8 Å². The van der Waals surface area contributed by atoms with Gasteiger partial charge in [0.1, 0.15) is 6.10 Å². The first kappa shape index (κ1) is 23.0. The Morgan fingerprint density at radius 2 is 1.90 bits per heavy atom. The number of carbonyl (C=O) groups is 2. The molecule has 29 heavy (non-hydrogen) atoms. The Hall–Kier alpha value is -2.33. The van der Waals surface area contributed by atoms with Gasteiger partial charge in [0, 0.05) is 18.7 Å². The van der Waals surface area contributed by atoms with Gasteiger partial charge in [0.25, 0.3) is 0 Å². The molecule has 2 rings (SSSR count). The predicted molar refractivity (Wildman–Crippen MR) is 100 cm³/mol. The molecule has 1 heterocycles. The van der Waals surface area contributed by atoms with Crippen molar-refractivity contribution in [3.63, 3.8) is 0 Å². The van der Waals surface area contributed by atoms with Crippen molar-refractivity contribution in [2.75, 3.05) is 18.5 Å². The highest BCUT2D eigenvalue weighted by molar-refractivity contribution is 5.89. The predicted octanol–water partition coefficient (Wildman–Crippen LogP) is 2.65. The number of benzene rings is 1. The number of rotatable bonds is 7. The third kappa shape index (κ3) is 7.21. The molecule has 4 N–H and O–H groups in total. The number of hydrogen-bond acceptors (Lipinski definition) is 4. The Morgan fingerprint density at radius 3 is 2.48 bits per heavy atom. The number of anilines is 1. The van der Waals surface area contributed by atoms with Gasteiger partial charge in [-0.15, -0.1) is 0 Å². The van der Waals surface area contributed by atoms with E-state index in [2.05, 4.69) is 16.0 Å². The van der Waals surface area contributed by atoms with Crippen LogP contribution in [-0.4, -0.2) is 48.4 Å². The SMILES string of the molecule is CCC(=O)N[C@H]1CC[C@@H](CCNC(=O)Nc2ccc(C(F)(F)F)cc2)O[C@@H]1CO. The molecule has 1 aromatic carbocycles. The molecule has 0 unspecified atom stereocenters. The molecule has 0 radical (unpaired) electrons. The Bertz CT molecular complexity index is 682. The van der Waals surface area contributed by atoms with Crippen LogP contribution in [0.5, 0.6) is 0 Å². The molecule has 0 aromatic heterocycles. The first-order valence-corrected chi connectivity index (χ1v) is 9.50. The summed E-state index contributed by atoms with van der Waals surface area (Å²) < 4.78 is 43.4. The van der Waals surface area contributed by atoms with E-state index in [4.69, 9.17) is 4.74 Å². The maximum atomic E-state index is 12.5. The highest BCUT2D eigenvalue weighted by Gasteiger charge is 2.31. The van der Waals surface area contributed by atoms with Crippen molar-refractivity contribution in [1.29, 1.82) is 0 Å². The molecule has 0 bridgehead atoms. The first-order valence-electron chi connectivity index (χ1n) is 9.50. The Kier molecular flexibility index (Phi) is 8.27. The Balaban J connectivity index is 1.73. The average Bonchev–Trinajstić information content (AvgIpc) is 2.68. The minimum atomic E-state index is -4.43. The van der Waals surface area contributed by atoms with Crippen LogP contribution in [-0.2, 0) is 15.7 Å². The molecule has 3 amide bonds.